The number of sulfone groups is 1. The molecule has 3 rings (SSSR count). The van der Waals surface area contributed by atoms with Gasteiger partial charge in [0.1, 0.15) is 6.54 Å². The van der Waals surface area contributed by atoms with E-state index in [0.717, 1.165) is 5.56 Å². The number of rotatable bonds is 6. The Hall–Kier alpha value is -2.29. The summed E-state index contributed by atoms with van der Waals surface area (Å²) in [4.78, 5) is 27.8. The molecule has 0 N–H and O–H groups in total. The van der Waals surface area contributed by atoms with Gasteiger partial charge in [0.05, 0.1) is 11.5 Å². The molecule has 0 saturated carbocycles. The van der Waals surface area contributed by atoms with E-state index in [1.165, 1.54) is 11.8 Å². The molecule has 1 aromatic rings. The van der Waals surface area contributed by atoms with Crippen LogP contribution in [-0.2, 0) is 26.0 Å². The molecule has 2 aliphatic heterocycles. The average Bonchev–Trinajstić information content (AvgIpc) is 3.20. The van der Waals surface area contributed by atoms with Crippen molar-refractivity contribution in [2.75, 3.05) is 31.4 Å². The van der Waals surface area contributed by atoms with Gasteiger partial charge in [-0.1, -0.05) is 6.07 Å². The van der Waals surface area contributed by atoms with E-state index in [-0.39, 0.29) is 49.2 Å². The third-order valence-corrected chi connectivity index (χ3v) is 6.64. The fraction of sp³-hybridized carbons (Fsp3) is 0.556. The normalized spacial score (nSPS) is 19.7. The maximum absolute atomic E-state index is 12.8. The topological polar surface area (TPSA) is 93.2 Å². The first-order chi connectivity index (χ1) is 12.8. The lowest BCUT2D eigenvalue weighted by molar-refractivity contribution is -0.140. The summed E-state index contributed by atoms with van der Waals surface area (Å²) in [6.45, 7) is 3.99. The maximum atomic E-state index is 12.8. The van der Waals surface area contributed by atoms with Gasteiger partial charge in [0, 0.05) is 26.1 Å². The Balaban J connectivity index is 1.68. The van der Waals surface area contributed by atoms with Crippen LogP contribution in [0.15, 0.2) is 18.2 Å². The molecule has 1 saturated heterocycles. The highest BCUT2D eigenvalue weighted by atomic mass is 32.2. The second kappa shape index (κ2) is 7.75. The molecule has 0 bridgehead atoms. The van der Waals surface area contributed by atoms with Gasteiger partial charge in [-0.2, -0.15) is 0 Å². The molecule has 2 aliphatic rings. The van der Waals surface area contributed by atoms with Crippen LogP contribution in [0.5, 0.6) is 11.5 Å². The van der Waals surface area contributed by atoms with Crippen molar-refractivity contribution in [3.8, 4) is 11.5 Å². The summed E-state index contributed by atoms with van der Waals surface area (Å²) in [6.07, 6.45) is 0.449. The van der Waals surface area contributed by atoms with E-state index < -0.39 is 9.84 Å². The molecule has 2 amide bonds. The summed E-state index contributed by atoms with van der Waals surface area (Å²) in [5.74, 6) is 0.910. The highest BCUT2D eigenvalue weighted by Gasteiger charge is 2.34. The lowest BCUT2D eigenvalue weighted by Crippen LogP contribution is -2.47. The molecule has 0 spiro atoms. The molecule has 27 heavy (non-hydrogen) atoms. The van der Waals surface area contributed by atoms with Gasteiger partial charge < -0.3 is 19.3 Å². The highest BCUT2D eigenvalue weighted by Crippen LogP contribution is 2.32. The Bertz CT molecular complexity index is 838. The molecule has 2 heterocycles. The van der Waals surface area contributed by atoms with Crippen LogP contribution in [-0.4, -0.2) is 67.5 Å². The number of nitrogens with zero attached hydrogens (tertiary/aromatic N) is 2. The number of carbonyl (C=O) groups excluding carboxylic acids is 2. The quantitative estimate of drug-likeness (QED) is 0.706. The van der Waals surface area contributed by atoms with Crippen LogP contribution in [0.2, 0.25) is 0 Å². The monoisotopic (exact) mass is 396 g/mol. The first-order valence-electron chi connectivity index (χ1n) is 8.93. The van der Waals surface area contributed by atoms with Crippen LogP contribution in [0, 0.1) is 0 Å². The molecular formula is C18H24N2O6S. The van der Waals surface area contributed by atoms with Gasteiger partial charge in [-0.25, -0.2) is 8.42 Å². The van der Waals surface area contributed by atoms with E-state index in [4.69, 9.17) is 9.47 Å². The molecule has 9 heteroatoms. The highest BCUT2D eigenvalue weighted by molar-refractivity contribution is 7.91. The van der Waals surface area contributed by atoms with Gasteiger partial charge in [-0.3, -0.25) is 9.59 Å². The second-order valence-electron chi connectivity index (χ2n) is 6.80. The zero-order valence-electron chi connectivity index (χ0n) is 15.5. The summed E-state index contributed by atoms with van der Waals surface area (Å²) in [5.41, 5.74) is 0.828. The van der Waals surface area contributed by atoms with Gasteiger partial charge >= 0.3 is 0 Å². The Morgan fingerprint density at radius 3 is 2.59 bits per heavy atom. The molecule has 148 valence electrons. The van der Waals surface area contributed by atoms with Crippen molar-refractivity contribution in [1.29, 1.82) is 0 Å². The van der Waals surface area contributed by atoms with E-state index in [1.807, 2.05) is 13.0 Å². The summed E-state index contributed by atoms with van der Waals surface area (Å²) in [6, 6.07) is 5.09. The lowest BCUT2D eigenvalue weighted by Gasteiger charge is -2.30. The summed E-state index contributed by atoms with van der Waals surface area (Å²) >= 11 is 0. The zero-order chi connectivity index (χ0) is 19.6. The van der Waals surface area contributed by atoms with E-state index in [1.54, 1.807) is 17.0 Å². The minimum absolute atomic E-state index is 0.00515. The van der Waals surface area contributed by atoms with Gasteiger partial charge in [-0.05, 0) is 31.0 Å². The third kappa shape index (κ3) is 4.52. The maximum Gasteiger partial charge on any atom is 0.242 e. The van der Waals surface area contributed by atoms with Crippen molar-refractivity contribution in [2.45, 2.75) is 32.9 Å². The van der Waals surface area contributed by atoms with Crippen LogP contribution < -0.4 is 9.47 Å². The number of hydrogen-bond donors (Lipinski definition) is 0. The summed E-state index contributed by atoms with van der Waals surface area (Å²) in [5, 5.41) is 0. The van der Waals surface area contributed by atoms with Crippen molar-refractivity contribution >= 4 is 21.7 Å². The van der Waals surface area contributed by atoms with Gasteiger partial charge in [0.15, 0.2) is 21.3 Å². The first kappa shape index (κ1) is 19.5. The Labute approximate surface area is 158 Å². The Morgan fingerprint density at radius 1 is 1.22 bits per heavy atom. The number of hydrogen-bond acceptors (Lipinski definition) is 6. The number of benzene rings is 1. The van der Waals surface area contributed by atoms with Crippen molar-refractivity contribution in [2.24, 2.45) is 0 Å². The summed E-state index contributed by atoms with van der Waals surface area (Å²) < 4.78 is 34.1. The fourth-order valence-electron chi connectivity index (χ4n) is 3.45. The third-order valence-electron chi connectivity index (χ3n) is 4.89. The predicted octanol–water partition coefficient (Wildman–Crippen LogP) is 0.799. The van der Waals surface area contributed by atoms with Gasteiger partial charge in [0.2, 0.25) is 18.6 Å². The van der Waals surface area contributed by atoms with Crippen LogP contribution in [0.25, 0.3) is 0 Å². The first-order valence-corrected chi connectivity index (χ1v) is 10.7. The molecule has 1 unspecified atom stereocenters. The molecule has 8 nitrogen and oxygen atoms in total. The summed E-state index contributed by atoms with van der Waals surface area (Å²) in [7, 11) is -3.08. The molecule has 0 radical (unpaired) electrons. The van der Waals surface area contributed by atoms with Gasteiger partial charge in [-0.15, -0.1) is 0 Å². The number of carbonyl (C=O) groups is 2. The second-order valence-corrected chi connectivity index (χ2v) is 9.03. The van der Waals surface area contributed by atoms with Crippen molar-refractivity contribution < 1.29 is 27.5 Å². The van der Waals surface area contributed by atoms with Gasteiger partial charge in [0.25, 0.3) is 0 Å². The van der Waals surface area contributed by atoms with Crippen molar-refractivity contribution in [1.82, 2.24) is 9.80 Å². The Morgan fingerprint density at radius 2 is 1.96 bits per heavy atom. The molecular weight excluding hydrogens is 372 g/mol. The van der Waals surface area contributed by atoms with Crippen LogP contribution in [0.3, 0.4) is 0 Å². The molecule has 0 aliphatic carbocycles. The SMILES string of the molecule is CCN(C(=O)CN(Cc1ccc2c(c1)OCO2)C(C)=O)C1CCS(=O)(=O)C1. The largest absolute Gasteiger partial charge is 0.454 e. The van der Waals surface area contributed by atoms with E-state index in [9.17, 15) is 18.0 Å². The van der Waals surface area contributed by atoms with Crippen LogP contribution in [0.4, 0.5) is 0 Å². The standard InChI is InChI=1S/C18H24N2O6S/c1-3-20(15-6-7-27(23,24)11-15)18(22)10-19(13(2)21)9-14-4-5-16-17(8-14)26-12-25-16/h4-5,8,15H,3,6-7,9-12H2,1-2H3. The molecule has 1 fully saturated rings. The van der Waals surface area contributed by atoms with E-state index in [2.05, 4.69) is 0 Å². The number of likely N-dealkylation sites (N-methyl/N-ethyl adjacent to an activating group) is 1. The molecule has 1 atom stereocenters. The van der Waals surface area contributed by atoms with Crippen LogP contribution in [0.1, 0.15) is 25.8 Å². The number of amides is 2. The number of fused-ring (bicyclic) bond motifs is 1. The minimum atomic E-state index is -3.08. The average molecular weight is 396 g/mol. The fourth-order valence-corrected chi connectivity index (χ4v) is 5.18. The van der Waals surface area contributed by atoms with E-state index in [0.29, 0.717) is 24.5 Å². The predicted molar refractivity (Wildman–Crippen MR) is 98.1 cm³/mol. The van der Waals surface area contributed by atoms with E-state index >= 15 is 0 Å². The minimum Gasteiger partial charge on any atom is -0.454 e. The smallest absolute Gasteiger partial charge is 0.242 e. The molecule has 1 aromatic carbocycles. The Kier molecular flexibility index (Phi) is 5.59. The lowest BCUT2D eigenvalue weighted by atomic mass is 10.1. The van der Waals surface area contributed by atoms with Crippen molar-refractivity contribution in [3.63, 3.8) is 0 Å². The van der Waals surface area contributed by atoms with Crippen LogP contribution >= 0.6 is 0 Å². The zero-order valence-corrected chi connectivity index (χ0v) is 16.3. The molecule has 0 aromatic heterocycles. The van der Waals surface area contributed by atoms with Crippen molar-refractivity contribution in [3.05, 3.63) is 23.8 Å². The number of ether oxygens (including phenoxy) is 2.